The molecule has 1 aromatic carbocycles. The van der Waals surface area contributed by atoms with E-state index < -0.39 is 0 Å². The summed E-state index contributed by atoms with van der Waals surface area (Å²) in [6.07, 6.45) is 0.903. The Morgan fingerprint density at radius 3 is 2.74 bits per heavy atom. The molecule has 2 rings (SSSR count). The molecule has 0 aliphatic heterocycles. The summed E-state index contributed by atoms with van der Waals surface area (Å²) in [5.41, 5.74) is 2.18. The zero-order chi connectivity index (χ0) is 16.8. The molecule has 23 heavy (non-hydrogen) atoms. The van der Waals surface area contributed by atoms with Gasteiger partial charge in [0.05, 0.1) is 24.3 Å². The number of hydrogen-bond donors (Lipinski definition) is 1. The van der Waals surface area contributed by atoms with Crippen LogP contribution in [0.5, 0.6) is 5.75 Å². The molecule has 2 aromatic rings. The first-order valence-electron chi connectivity index (χ1n) is 7.94. The minimum Gasteiger partial charge on any atom is -0.497 e. The summed E-state index contributed by atoms with van der Waals surface area (Å²) in [5.74, 6) is 0.619. The average Bonchev–Trinajstić information content (AvgIpc) is 2.56. The molecule has 124 valence electrons. The van der Waals surface area contributed by atoms with Gasteiger partial charge in [-0.3, -0.25) is 9.78 Å². The van der Waals surface area contributed by atoms with E-state index in [1.165, 1.54) is 0 Å². The normalized spacial score (nSPS) is 12.2. The average molecular weight is 316 g/mol. The zero-order valence-corrected chi connectivity index (χ0v) is 14.2. The third-order valence-electron chi connectivity index (χ3n) is 3.74. The molecule has 5 nitrogen and oxygen atoms in total. The lowest BCUT2D eigenvalue weighted by molar-refractivity contribution is 0.0569. The van der Waals surface area contributed by atoms with E-state index in [1.54, 1.807) is 7.11 Å². The third kappa shape index (κ3) is 4.20. The van der Waals surface area contributed by atoms with Crippen molar-refractivity contribution >= 4 is 16.8 Å². The van der Waals surface area contributed by atoms with Gasteiger partial charge in [0.1, 0.15) is 5.75 Å². The lowest BCUT2D eigenvalue weighted by atomic mass is 10.1. The van der Waals surface area contributed by atoms with Crippen LogP contribution in [0.25, 0.3) is 10.9 Å². The molecule has 1 heterocycles. The fourth-order valence-corrected chi connectivity index (χ4v) is 2.51. The van der Waals surface area contributed by atoms with E-state index in [2.05, 4.69) is 10.3 Å². The van der Waals surface area contributed by atoms with Gasteiger partial charge >= 0.3 is 0 Å². The molecule has 0 radical (unpaired) electrons. The highest BCUT2D eigenvalue weighted by Gasteiger charge is 2.14. The number of rotatable bonds is 7. The van der Waals surface area contributed by atoms with Crippen LogP contribution in [-0.2, 0) is 4.74 Å². The second-order valence-corrected chi connectivity index (χ2v) is 5.39. The van der Waals surface area contributed by atoms with Crippen molar-refractivity contribution in [2.24, 2.45) is 0 Å². The van der Waals surface area contributed by atoms with Crippen LogP contribution in [0.3, 0.4) is 0 Å². The van der Waals surface area contributed by atoms with Crippen LogP contribution in [-0.4, -0.2) is 37.3 Å². The molecule has 0 aliphatic carbocycles. The van der Waals surface area contributed by atoms with Gasteiger partial charge in [0.2, 0.25) is 0 Å². The van der Waals surface area contributed by atoms with Crippen LogP contribution in [0.1, 0.15) is 36.3 Å². The van der Waals surface area contributed by atoms with E-state index >= 15 is 0 Å². The van der Waals surface area contributed by atoms with Crippen LogP contribution in [0.4, 0.5) is 0 Å². The van der Waals surface area contributed by atoms with E-state index in [1.807, 2.05) is 45.0 Å². The Balaban J connectivity index is 2.26. The fraction of sp³-hybridized carbons (Fsp3) is 0.444. The van der Waals surface area contributed by atoms with E-state index in [0.29, 0.717) is 18.7 Å². The molecule has 0 saturated carbocycles. The van der Waals surface area contributed by atoms with Gasteiger partial charge in [-0.15, -0.1) is 0 Å². The van der Waals surface area contributed by atoms with Crippen molar-refractivity contribution < 1.29 is 14.3 Å². The highest BCUT2D eigenvalue weighted by molar-refractivity contribution is 6.06. The van der Waals surface area contributed by atoms with Crippen LogP contribution in [0.15, 0.2) is 24.3 Å². The van der Waals surface area contributed by atoms with Crippen LogP contribution >= 0.6 is 0 Å². The zero-order valence-electron chi connectivity index (χ0n) is 14.2. The molecule has 1 unspecified atom stereocenters. The minimum absolute atomic E-state index is 0.0400. The van der Waals surface area contributed by atoms with E-state index in [-0.39, 0.29) is 12.0 Å². The SMILES string of the molecule is CCOC(CC)CNC(=O)c1cc(C)nc2cc(OC)ccc12. The Morgan fingerprint density at radius 2 is 2.09 bits per heavy atom. The quantitative estimate of drug-likeness (QED) is 0.852. The topological polar surface area (TPSA) is 60.5 Å². The highest BCUT2D eigenvalue weighted by Crippen LogP contribution is 2.23. The molecule has 0 saturated heterocycles. The van der Waals surface area contributed by atoms with E-state index in [0.717, 1.165) is 28.8 Å². The maximum absolute atomic E-state index is 12.6. The van der Waals surface area contributed by atoms with Gasteiger partial charge in [-0.2, -0.15) is 0 Å². The molecule has 1 N–H and O–H groups in total. The predicted octanol–water partition coefficient (Wildman–Crippen LogP) is 3.10. The third-order valence-corrected chi connectivity index (χ3v) is 3.74. The fourth-order valence-electron chi connectivity index (χ4n) is 2.51. The number of hydrogen-bond acceptors (Lipinski definition) is 4. The Labute approximate surface area is 137 Å². The highest BCUT2D eigenvalue weighted by atomic mass is 16.5. The van der Waals surface area contributed by atoms with Crippen LogP contribution < -0.4 is 10.1 Å². The number of ether oxygens (including phenoxy) is 2. The maximum Gasteiger partial charge on any atom is 0.252 e. The monoisotopic (exact) mass is 316 g/mol. The summed E-state index contributed by atoms with van der Waals surface area (Å²) in [6.45, 7) is 7.03. The van der Waals surface area contributed by atoms with Crippen molar-refractivity contribution in [2.75, 3.05) is 20.3 Å². The van der Waals surface area contributed by atoms with Gasteiger partial charge in [-0.05, 0) is 38.5 Å². The molecule has 1 amide bonds. The van der Waals surface area contributed by atoms with Crippen molar-refractivity contribution in [3.63, 3.8) is 0 Å². The van der Waals surface area contributed by atoms with Crippen molar-refractivity contribution in [3.05, 3.63) is 35.5 Å². The Kier molecular flexibility index (Phi) is 5.93. The summed E-state index contributed by atoms with van der Waals surface area (Å²) < 4.78 is 10.8. The number of amides is 1. The molecule has 1 aromatic heterocycles. The molecule has 0 bridgehead atoms. The van der Waals surface area contributed by atoms with Gasteiger partial charge in [-0.25, -0.2) is 0 Å². The second kappa shape index (κ2) is 7.92. The summed E-state index contributed by atoms with van der Waals surface area (Å²) in [4.78, 5) is 17.0. The summed E-state index contributed by atoms with van der Waals surface area (Å²) >= 11 is 0. The largest absolute Gasteiger partial charge is 0.497 e. The van der Waals surface area contributed by atoms with Crippen LogP contribution in [0.2, 0.25) is 0 Å². The lowest BCUT2D eigenvalue weighted by Gasteiger charge is -2.16. The Hall–Kier alpha value is -2.14. The summed E-state index contributed by atoms with van der Waals surface area (Å²) in [7, 11) is 1.61. The molecular formula is C18H24N2O3. The lowest BCUT2D eigenvalue weighted by Crippen LogP contribution is -2.33. The van der Waals surface area contributed by atoms with Crippen molar-refractivity contribution in [3.8, 4) is 5.75 Å². The summed E-state index contributed by atoms with van der Waals surface area (Å²) in [6, 6.07) is 7.36. The van der Waals surface area contributed by atoms with Gasteiger partial charge in [0, 0.05) is 30.3 Å². The van der Waals surface area contributed by atoms with Gasteiger partial charge in [0.15, 0.2) is 0 Å². The van der Waals surface area contributed by atoms with Gasteiger partial charge in [-0.1, -0.05) is 6.92 Å². The molecule has 1 atom stereocenters. The molecular weight excluding hydrogens is 292 g/mol. The van der Waals surface area contributed by atoms with Gasteiger partial charge in [0.25, 0.3) is 5.91 Å². The number of aryl methyl sites for hydroxylation is 1. The minimum atomic E-state index is -0.108. The number of methoxy groups -OCH3 is 1. The maximum atomic E-state index is 12.6. The Morgan fingerprint density at radius 1 is 1.30 bits per heavy atom. The number of fused-ring (bicyclic) bond motifs is 1. The number of benzene rings is 1. The van der Waals surface area contributed by atoms with E-state index in [4.69, 9.17) is 9.47 Å². The number of pyridine rings is 1. The molecule has 5 heteroatoms. The van der Waals surface area contributed by atoms with Gasteiger partial charge < -0.3 is 14.8 Å². The number of nitrogens with one attached hydrogen (secondary N) is 1. The molecule has 0 fully saturated rings. The first kappa shape index (κ1) is 17.2. The molecule has 0 spiro atoms. The Bertz CT molecular complexity index is 685. The number of aromatic nitrogens is 1. The standard InChI is InChI=1S/C18H24N2O3/c1-5-13(23-6-2)11-19-18(21)16-9-12(3)20-17-10-14(22-4)7-8-15(16)17/h7-10,13H,5-6,11H2,1-4H3,(H,19,21). The molecule has 0 aliphatic rings. The second-order valence-electron chi connectivity index (χ2n) is 5.39. The number of carbonyl (C=O) groups is 1. The van der Waals surface area contributed by atoms with Crippen LogP contribution in [0, 0.1) is 6.92 Å². The van der Waals surface area contributed by atoms with Crippen molar-refractivity contribution in [1.29, 1.82) is 0 Å². The van der Waals surface area contributed by atoms with Crippen molar-refractivity contribution in [1.82, 2.24) is 10.3 Å². The number of nitrogens with zero attached hydrogens (tertiary/aromatic N) is 1. The van der Waals surface area contributed by atoms with Crippen molar-refractivity contribution in [2.45, 2.75) is 33.3 Å². The van der Waals surface area contributed by atoms with E-state index in [9.17, 15) is 4.79 Å². The summed E-state index contributed by atoms with van der Waals surface area (Å²) in [5, 5.41) is 3.78. The smallest absolute Gasteiger partial charge is 0.252 e. The number of carbonyl (C=O) groups excluding carboxylic acids is 1. The first-order valence-corrected chi connectivity index (χ1v) is 7.94. The first-order chi connectivity index (χ1) is 11.1. The predicted molar refractivity (Wildman–Crippen MR) is 91.1 cm³/mol.